The molecule has 1 unspecified atom stereocenters. The zero-order chi connectivity index (χ0) is 23.4. The molecule has 1 atom stereocenters. The van der Waals surface area contributed by atoms with Gasteiger partial charge in [0, 0.05) is 6.54 Å². The number of nitrogens with two attached hydrogens (primary N) is 1. The van der Waals surface area contributed by atoms with E-state index in [2.05, 4.69) is 6.08 Å². The number of ether oxygens (including phenoxy) is 2. The van der Waals surface area contributed by atoms with E-state index in [1.807, 2.05) is 42.5 Å². The fourth-order valence-corrected chi connectivity index (χ4v) is 4.56. The molecule has 1 aliphatic carbocycles. The van der Waals surface area contributed by atoms with Crippen molar-refractivity contribution in [3.05, 3.63) is 76.7 Å². The average Bonchev–Trinajstić information content (AvgIpc) is 3.14. The highest BCUT2D eigenvalue weighted by molar-refractivity contribution is 8.19. The third-order valence-corrected chi connectivity index (χ3v) is 6.25. The molecule has 1 fully saturated rings. The number of methoxy groups -OCH3 is 2. The number of amides is 1. The third-order valence-electron chi connectivity index (χ3n) is 5.27. The van der Waals surface area contributed by atoms with Crippen LogP contribution in [0.5, 0.6) is 17.2 Å². The monoisotopic (exact) mass is 463 g/mol. The number of phenols is 1. The number of carbonyl (C=O) groups is 1. The predicted molar refractivity (Wildman–Crippen MR) is 133 cm³/mol. The number of phenolic OH excluding ortho intramolecular Hbond substituents is 1. The van der Waals surface area contributed by atoms with Gasteiger partial charge in [0.1, 0.15) is 0 Å². The predicted octanol–water partition coefficient (Wildman–Crippen LogP) is 4.23. The minimum atomic E-state index is -0.180. The lowest BCUT2D eigenvalue weighted by Gasteiger charge is -2.18. The van der Waals surface area contributed by atoms with Crippen molar-refractivity contribution in [2.24, 2.45) is 10.7 Å². The second-order valence-corrected chi connectivity index (χ2v) is 8.43. The molecule has 0 radical (unpaired) electrons. The summed E-state index contributed by atoms with van der Waals surface area (Å²) in [5, 5.41) is 10.8. The van der Waals surface area contributed by atoms with Gasteiger partial charge < -0.3 is 20.3 Å². The number of rotatable bonds is 6. The molecule has 1 aliphatic heterocycles. The molecule has 1 amide bonds. The summed E-state index contributed by atoms with van der Waals surface area (Å²) in [5.41, 5.74) is 8.10. The van der Waals surface area contributed by atoms with Crippen molar-refractivity contribution in [1.29, 1.82) is 0 Å². The first kappa shape index (κ1) is 22.7. The van der Waals surface area contributed by atoms with Gasteiger partial charge in [0.25, 0.3) is 5.91 Å². The Morgan fingerprint density at radius 1 is 1.18 bits per heavy atom. The van der Waals surface area contributed by atoms with E-state index < -0.39 is 0 Å². The van der Waals surface area contributed by atoms with Crippen molar-refractivity contribution in [2.45, 2.75) is 19.0 Å². The lowest BCUT2D eigenvalue weighted by atomic mass is 10.1. The number of aromatic hydroxyl groups is 1. The van der Waals surface area contributed by atoms with Gasteiger partial charge in [-0.3, -0.25) is 14.7 Å². The minimum Gasteiger partial charge on any atom is -0.502 e. The fraction of sp³-hybridized carbons (Fsp3) is 0.200. The van der Waals surface area contributed by atoms with Crippen molar-refractivity contribution < 1.29 is 19.4 Å². The van der Waals surface area contributed by atoms with E-state index in [4.69, 9.17) is 20.2 Å². The van der Waals surface area contributed by atoms with Gasteiger partial charge in [-0.1, -0.05) is 36.4 Å². The SMILES string of the molecule is COc1cc(/C=C2/S/C(=N/C3C=CC=CC3)N(c3ccc(CN)cc3)C2=O)cc(OC)c1O. The summed E-state index contributed by atoms with van der Waals surface area (Å²) in [4.78, 5) is 20.5. The van der Waals surface area contributed by atoms with E-state index in [0.29, 0.717) is 22.2 Å². The van der Waals surface area contributed by atoms with Gasteiger partial charge >= 0.3 is 0 Å². The van der Waals surface area contributed by atoms with Crippen molar-refractivity contribution >= 4 is 34.6 Å². The van der Waals surface area contributed by atoms with Crippen LogP contribution in [0.1, 0.15) is 17.5 Å². The normalized spacial score (nSPS) is 20.2. The van der Waals surface area contributed by atoms with Gasteiger partial charge in [0.2, 0.25) is 5.75 Å². The number of hydrogen-bond acceptors (Lipinski definition) is 7. The van der Waals surface area contributed by atoms with Crippen molar-refractivity contribution in [1.82, 2.24) is 0 Å². The summed E-state index contributed by atoms with van der Waals surface area (Å²) >= 11 is 1.31. The molecule has 2 aliphatic rings. The molecule has 0 aromatic heterocycles. The first-order valence-corrected chi connectivity index (χ1v) is 11.2. The number of nitrogens with zero attached hydrogens (tertiary/aromatic N) is 2. The maximum Gasteiger partial charge on any atom is 0.271 e. The highest BCUT2D eigenvalue weighted by Gasteiger charge is 2.35. The van der Waals surface area contributed by atoms with Gasteiger partial charge in [0.05, 0.1) is 30.9 Å². The van der Waals surface area contributed by atoms with Crippen molar-refractivity contribution in [3.8, 4) is 17.2 Å². The van der Waals surface area contributed by atoms with E-state index in [1.54, 1.807) is 23.1 Å². The minimum absolute atomic E-state index is 0.0377. The van der Waals surface area contributed by atoms with Gasteiger partial charge in [-0.15, -0.1) is 0 Å². The molecule has 3 N–H and O–H groups in total. The second-order valence-electron chi connectivity index (χ2n) is 7.42. The fourth-order valence-electron chi connectivity index (χ4n) is 3.52. The first-order valence-electron chi connectivity index (χ1n) is 10.4. The lowest BCUT2D eigenvalue weighted by Crippen LogP contribution is -2.29. The van der Waals surface area contributed by atoms with Crippen LogP contribution >= 0.6 is 11.8 Å². The van der Waals surface area contributed by atoms with E-state index in [1.165, 1.54) is 26.0 Å². The summed E-state index contributed by atoms with van der Waals surface area (Å²) in [6, 6.07) is 10.8. The Morgan fingerprint density at radius 3 is 2.45 bits per heavy atom. The summed E-state index contributed by atoms with van der Waals surface area (Å²) in [7, 11) is 2.93. The van der Waals surface area contributed by atoms with Crippen LogP contribution in [0, 0.1) is 0 Å². The quantitative estimate of drug-likeness (QED) is 0.623. The average molecular weight is 464 g/mol. The van der Waals surface area contributed by atoms with Gasteiger partial charge in [-0.05, 0) is 59.7 Å². The number of benzene rings is 2. The summed E-state index contributed by atoms with van der Waals surface area (Å²) in [6.07, 6.45) is 10.6. The molecule has 2 aromatic rings. The maximum atomic E-state index is 13.5. The third kappa shape index (κ3) is 4.81. The Morgan fingerprint density at radius 2 is 1.88 bits per heavy atom. The summed E-state index contributed by atoms with van der Waals surface area (Å²) in [6.45, 7) is 0.429. The van der Waals surface area contributed by atoms with Crippen LogP contribution in [0.15, 0.2) is 70.6 Å². The van der Waals surface area contributed by atoms with Crippen LogP contribution in [0.3, 0.4) is 0 Å². The molecular formula is C25H25N3O4S. The molecule has 33 heavy (non-hydrogen) atoms. The standard InChI is InChI=1S/C25H25N3O4S/c1-31-20-12-17(13-21(32-2)23(20)29)14-22-24(30)28(19-10-8-16(15-26)9-11-19)25(33-22)27-18-6-4-3-5-7-18/h3-6,8-14,18,29H,7,15,26H2,1-2H3/b22-14+,27-25+. The highest BCUT2D eigenvalue weighted by Crippen LogP contribution is 2.40. The first-order chi connectivity index (χ1) is 16.0. The van der Waals surface area contributed by atoms with E-state index in [9.17, 15) is 9.90 Å². The van der Waals surface area contributed by atoms with Crippen LogP contribution in [0.2, 0.25) is 0 Å². The van der Waals surface area contributed by atoms with Gasteiger partial charge in [-0.25, -0.2) is 0 Å². The largest absolute Gasteiger partial charge is 0.502 e. The molecule has 170 valence electrons. The Balaban J connectivity index is 1.74. The smallest absolute Gasteiger partial charge is 0.271 e. The molecule has 7 nitrogen and oxygen atoms in total. The van der Waals surface area contributed by atoms with Crippen LogP contribution in [-0.4, -0.2) is 36.4 Å². The second kappa shape index (κ2) is 9.97. The Hall–Kier alpha value is -3.49. The topological polar surface area (TPSA) is 97.4 Å². The Kier molecular flexibility index (Phi) is 6.86. The molecule has 2 aromatic carbocycles. The summed E-state index contributed by atoms with van der Waals surface area (Å²) < 4.78 is 10.5. The number of hydrogen-bond donors (Lipinski definition) is 2. The van der Waals surface area contributed by atoms with Gasteiger partial charge in [-0.2, -0.15) is 0 Å². The van der Waals surface area contributed by atoms with Crippen molar-refractivity contribution in [2.75, 3.05) is 19.1 Å². The summed E-state index contributed by atoms with van der Waals surface area (Å²) in [5.74, 6) is 0.256. The van der Waals surface area contributed by atoms with E-state index in [0.717, 1.165) is 17.7 Å². The Labute approximate surface area is 196 Å². The molecule has 4 rings (SSSR count). The molecule has 0 spiro atoms. The highest BCUT2D eigenvalue weighted by atomic mass is 32.2. The molecule has 1 heterocycles. The molecule has 8 heteroatoms. The number of allylic oxidation sites excluding steroid dienone is 2. The molecular weight excluding hydrogens is 438 g/mol. The van der Waals surface area contributed by atoms with Crippen LogP contribution in [0.25, 0.3) is 6.08 Å². The lowest BCUT2D eigenvalue weighted by molar-refractivity contribution is -0.113. The molecule has 0 bridgehead atoms. The van der Waals surface area contributed by atoms with Crippen LogP contribution in [-0.2, 0) is 11.3 Å². The maximum absolute atomic E-state index is 13.5. The number of amidine groups is 1. The zero-order valence-electron chi connectivity index (χ0n) is 18.4. The molecule has 1 saturated heterocycles. The zero-order valence-corrected chi connectivity index (χ0v) is 19.2. The van der Waals surface area contributed by atoms with Gasteiger partial charge in [0.15, 0.2) is 16.7 Å². The number of aliphatic imine (C=N–C) groups is 1. The molecule has 0 saturated carbocycles. The number of anilines is 1. The van der Waals surface area contributed by atoms with E-state index in [-0.39, 0.29) is 29.2 Å². The Bertz CT molecular complexity index is 1140. The van der Waals surface area contributed by atoms with Crippen LogP contribution < -0.4 is 20.1 Å². The van der Waals surface area contributed by atoms with E-state index >= 15 is 0 Å². The van der Waals surface area contributed by atoms with Crippen molar-refractivity contribution in [3.63, 3.8) is 0 Å². The van der Waals surface area contributed by atoms with Crippen LogP contribution in [0.4, 0.5) is 5.69 Å². The number of carbonyl (C=O) groups excluding carboxylic acids is 1. The number of thioether (sulfide) groups is 1.